The van der Waals surface area contributed by atoms with E-state index in [1.165, 1.54) is 17.0 Å². The number of amides is 2. The summed E-state index contributed by atoms with van der Waals surface area (Å²) >= 11 is 0. The Morgan fingerprint density at radius 3 is 2.57 bits per heavy atom. The van der Waals surface area contributed by atoms with Crippen molar-refractivity contribution in [3.63, 3.8) is 0 Å². The van der Waals surface area contributed by atoms with Crippen molar-refractivity contribution < 1.29 is 22.7 Å². The summed E-state index contributed by atoms with van der Waals surface area (Å²) in [6.07, 6.45) is -2.41. The minimum Gasteiger partial charge on any atom is -0.376 e. The van der Waals surface area contributed by atoms with Crippen molar-refractivity contribution in [2.24, 2.45) is 0 Å². The van der Waals surface area contributed by atoms with Gasteiger partial charge in [0.1, 0.15) is 0 Å². The molecule has 1 heterocycles. The number of nitrogens with zero attached hydrogens (tertiary/aromatic N) is 1. The summed E-state index contributed by atoms with van der Waals surface area (Å²) in [6, 6.07) is 4.45. The van der Waals surface area contributed by atoms with Gasteiger partial charge < -0.3 is 15.0 Å². The van der Waals surface area contributed by atoms with Gasteiger partial charge >= 0.3 is 12.2 Å². The fourth-order valence-corrected chi connectivity index (χ4v) is 2.54. The van der Waals surface area contributed by atoms with Crippen molar-refractivity contribution in [3.8, 4) is 0 Å². The van der Waals surface area contributed by atoms with E-state index in [0.29, 0.717) is 12.2 Å². The number of alkyl halides is 3. The Labute approximate surface area is 133 Å². The van der Waals surface area contributed by atoms with E-state index >= 15 is 0 Å². The first kappa shape index (κ1) is 17.6. The largest absolute Gasteiger partial charge is 0.416 e. The van der Waals surface area contributed by atoms with Crippen LogP contribution in [0.4, 0.5) is 18.0 Å². The Bertz CT molecular complexity index is 525. The second kappa shape index (κ2) is 7.21. The van der Waals surface area contributed by atoms with Crippen LogP contribution in [0, 0.1) is 0 Å². The first-order valence-corrected chi connectivity index (χ1v) is 7.57. The number of ether oxygens (including phenoxy) is 1. The van der Waals surface area contributed by atoms with Crippen LogP contribution >= 0.6 is 0 Å². The lowest BCUT2D eigenvalue weighted by atomic mass is 10.1. The van der Waals surface area contributed by atoms with Gasteiger partial charge in [0.15, 0.2) is 0 Å². The number of rotatable bonds is 4. The lowest BCUT2D eigenvalue weighted by Gasteiger charge is -2.24. The monoisotopic (exact) mass is 330 g/mol. The van der Waals surface area contributed by atoms with E-state index < -0.39 is 11.7 Å². The number of hydrogen-bond acceptors (Lipinski definition) is 2. The van der Waals surface area contributed by atoms with E-state index in [2.05, 4.69) is 5.32 Å². The minimum atomic E-state index is -4.35. The van der Waals surface area contributed by atoms with Crippen LogP contribution in [-0.4, -0.2) is 36.7 Å². The molecule has 0 aromatic heterocycles. The molecule has 1 N–H and O–H groups in total. The highest BCUT2D eigenvalue weighted by Gasteiger charge is 2.30. The SMILES string of the molecule is C[C@H](NC(=O)N(C)Cc1ccc(C(F)(F)F)cc1)[C@H]1CCCO1. The van der Waals surface area contributed by atoms with Crippen LogP contribution in [-0.2, 0) is 17.5 Å². The van der Waals surface area contributed by atoms with Crippen LogP contribution < -0.4 is 5.32 Å². The Balaban J connectivity index is 1.87. The number of carbonyl (C=O) groups excluding carboxylic acids is 1. The fourth-order valence-electron chi connectivity index (χ4n) is 2.54. The smallest absolute Gasteiger partial charge is 0.376 e. The van der Waals surface area contributed by atoms with E-state index in [9.17, 15) is 18.0 Å². The molecule has 0 aliphatic carbocycles. The van der Waals surface area contributed by atoms with Crippen molar-refractivity contribution in [3.05, 3.63) is 35.4 Å². The molecule has 7 heteroatoms. The van der Waals surface area contributed by atoms with E-state index in [4.69, 9.17) is 4.74 Å². The molecule has 1 aromatic rings. The molecule has 0 bridgehead atoms. The fraction of sp³-hybridized carbons (Fsp3) is 0.562. The zero-order chi connectivity index (χ0) is 17.0. The van der Waals surface area contributed by atoms with Gasteiger partial charge in [-0.2, -0.15) is 13.2 Å². The molecule has 1 aliphatic rings. The predicted octanol–water partition coefficient (Wildman–Crippen LogP) is 3.41. The Kier molecular flexibility index (Phi) is 5.51. The molecule has 4 nitrogen and oxygen atoms in total. The lowest BCUT2D eigenvalue weighted by Crippen LogP contribution is -2.46. The molecule has 1 saturated heterocycles. The third-order valence-corrected chi connectivity index (χ3v) is 3.92. The van der Waals surface area contributed by atoms with Crippen LogP contribution in [0.25, 0.3) is 0 Å². The van der Waals surface area contributed by atoms with Gasteiger partial charge in [-0.25, -0.2) is 4.79 Å². The van der Waals surface area contributed by atoms with Gasteiger partial charge in [-0.05, 0) is 37.5 Å². The van der Waals surface area contributed by atoms with Gasteiger partial charge in [0.25, 0.3) is 0 Å². The molecule has 2 rings (SSSR count). The average Bonchev–Trinajstić information content (AvgIpc) is 3.01. The first-order chi connectivity index (χ1) is 10.8. The van der Waals surface area contributed by atoms with Crippen LogP contribution in [0.2, 0.25) is 0 Å². The van der Waals surface area contributed by atoms with Crippen molar-refractivity contribution in [1.29, 1.82) is 0 Å². The van der Waals surface area contributed by atoms with Crippen LogP contribution in [0.3, 0.4) is 0 Å². The van der Waals surface area contributed by atoms with Crippen molar-refractivity contribution in [1.82, 2.24) is 10.2 Å². The Morgan fingerprint density at radius 1 is 1.39 bits per heavy atom. The van der Waals surface area contributed by atoms with Gasteiger partial charge in [0, 0.05) is 20.2 Å². The van der Waals surface area contributed by atoms with E-state index in [0.717, 1.165) is 25.0 Å². The zero-order valence-corrected chi connectivity index (χ0v) is 13.2. The molecule has 0 spiro atoms. The number of carbonyl (C=O) groups is 1. The van der Waals surface area contributed by atoms with E-state index in [1.807, 2.05) is 6.92 Å². The number of nitrogens with one attached hydrogen (secondary N) is 1. The molecule has 0 unspecified atom stereocenters. The minimum absolute atomic E-state index is 0.0263. The van der Waals surface area contributed by atoms with Crippen molar-refractivity contribution in [2.75, 3.05) is 13.7 Å². The summed E-state index contributed by atoms with van der Waals surface area (Å²) < 4.78 is 43.1. The molecular formula is C16H21F3N2O2. The molecule has 2 amide bonds. The average molecular weight is 330 g/mol. The number of benzene rings is 1. The molecule has 0 radical (unpaired) electrons. The van der Waals surface area contributed by atoms with E-state index in [1.54, 1.807) is 7.05 Å². The maximum absolute atomic E-state index is 12.5. The van der Waals surface area contributed by atoms with Gasteiger partial charge in [-0.15, -0.1) is 0 Å². The highest BCUT2D eigenvalue weighted by molar-refractivity contribution is 5.74. The summed E-state index contributed by atoms with van der Waals surface area (Å²) in [7, 11) is 1.61. The first-order valence-electron chi connectivity index (χ1n) is 7.57. The normalized spacial score (nSPS) is 19.4. The topological polar surface area (TPSA) is 41.6 Å². The number of halogens is 3. The van der Waals surface area contributed by atoms with Gasteiger partial charge in [0.2, 0.25) is 0 Å². The highest BCUT2D eigenvalue weighted by Crippen LogP contribution is 2.29. The summed E-state index contributed by atoms with van der Waals surface area (Å²) in [5.74, 6) is 0. The molecule has 23 heavy (non-hydrogen) atoms. The third kappa shape index (κ3) is 4.86. The quantitative estimate of drug-likeness (QED) is 0.919. The molecule has 1 aliphatic heterocycles. The highest BCUT2D eigenvalue weighted by atomic mass is 19.4. The Hall–Kier alpha value is -1.76. The van der Waals surface area contributed by atoms with Gasteiger partial charge in [-0.1, -0.05) is 12.1 Å². The predicted molar refractivity (Wildman–Crippen MR) is 79.9 cm³/mol. The molecule has 0 saturated carbocycles. The summed E-state index contributed by atoms with van der Waals surface area (Å²) in [6.45, 7) is 2.84. The number of hydrogen-bond donors (Lipinski definition) is 1. The second-order valence-electron chi connectivity index (χ2n) is 5.84. The molecular weight excluding hydrogens is 309 g/mol. The summed E-state index contributed by atoms with van der Waals surface area (Å²) in [4.78, 5) is 13.6. The maximum Gasteiger partial charge on any atom is 0.416 e. The van der Waals surface area contributed by atoms with Crippen LogP contribution in [0.5, 0.6) is 0 Å². The molecule has 128 valence electrons. The second-order valence-corrected chi connectivity index (χ2v) is 5.84. The van der Waals surface area contributed by atoms with Crippen molar-refractivity contribution >= 4 is 6.03 Å². The zero-order valence-electron chi connectivity index (χ0n) is 13.2. The number of urea groups is 1. The molecule has 2 atom stereocenters. The summed E-state index contributed by atoms with van der Waals surface area (Å²) in [5, 5.41) is 2.86. The standard InChI is InChI=1S/C16H21F3N2O2/c1-11(14-4-3-9-23-14)20-15(22)21(2)10-12-5-7-13(8-6-12)16(17,18)19/h5-8,11,14H,3-4,9-10H2,1-2H3,(H,20,22)/t11-,14+/m0/s1. The van der Waals surface area contributed by atoms with E-state index in [-0.39, 0.29) is 24.7 Å². The van der Waals surface area contributed by atoms with Gasteiger partial charge in [0.05, 0.1) is 17.7 Å². The molecule has 1 fully saturated rings. The summed E-state index contributed by atoms with van der Waals surface area (Å²) in [5.41, 5.74) is -0.0548. The lowest BCUT2D eigenvalue weighted by molar-refractivity contribution is -0.137. The van der Waals surface area contributed by atoms with Crippen molar-refractivity contribution in [2.45, 2.75) is 44.6 Å². The molecule has 1 aromatic carbocycles. The van der Waals surface area contributed by atoms with Crippen LogP contribution in [0.1, 0.15) is 30.9 Å². The van der Waals surface area contributed by atoms with Crippen LogP contribution in [0.15, 0.2) is 24.3 Å². The Morgan fingerprint density at radius 2 is 2.04 bits per heavy atom. The van der Waals surface area contributed by atoms with Gasteiger partial charge in [-0.3, -0.25) is 0 Å². The third-order valence-electron chi connectivity index (χ3n) is 3.92. The maximum atomic E-state index is 12.5.